The van der Waals surface area contributed by atoms with Crippen LogP contribution in [0.2, 0.25) is 0 Å². The van der Waals surface area contributed by atoms with E-state index >= 15 is 0 Å². The number of carbonyl (C=O) groups is 1. The molecule has 0 aliphatic heterocycles. The molecule has 0 atom stereocenters. The molecule has 0 spiro atoms. The fourth-order valence-electron chi connectivity index (χ4n) is 1.74. The van der Waals surface area contributed by atoms with Crippen molar-refractivity contribution in [1.29, 1.82) is 0 Å². The number of nitrogens with one attached hydrogen (secondary N) is 1. The molecule has 0 saturated heterocycles. The Morgan fingerprint density at radius 2 is 1.90 bits per heavy atom. The van der Waals surface area contributed by atoms with Gasteiger partial charge in [0.1, 0.15) is 5.69 Å². The predicted molar refractivity (Wildman–Crippen MR) is 77.8 cm³/mol. The molecule has 0 aliphatic carbocycles. The van der Waals surface area contributed by atoms with Gasteiger partial charge in [-0.25, -0.2) is 0 Å². The second-order valence-electron chi connectivity index (χ2n) is 4.34. The van der Waals surface area contributed by atoms with E-state index in [1.807, 2.05) is 0 Å². The van der Waals surface area contributed by atoms with Gasteiger partial charge in [0.05, 0.1) is 11.5 Å². The molecule has 0 aromatic heterocycles. The Morgan fingerprint density at radius 1 is 1.24 bits per heavy atom. The van der Waals surface area contributed by atoms with Crippen LogP contribution in [0.15, 0.2) is 42.5 Å². The highest BCUT2D eigenvalue weighted by atomic mass is 16.6. The van der Waals surface area contributed by atoms with Crippen molar-refractivity contribution in [1.82, 2.24) is 0 Å². The molecule has 0 unspecified atom stereocenters. The Labute approximate surface area is 120 Å². The van der Waals surface area contributed by atoms with Crippen LogP contribution >= 0.6 is 0 Å². The third-order valence-corrected chi connectivity index (χ3v) is 2.88. The van der Waals surface area contributed by atoms with Gasteiger partial charge < -0.3 is 16.2 Å². The smallest absolute Gasteiger partial charge is 0.292 e. The topological polar surface area (TPSA) is 118 Å². The van der Waals surface area contributed by atoms with Crippen LogP contribution in [0.25, 0.3) is 0 Å². The number of rotatable bonds is 4. The van der Waals surface area contributed by atoms with E-state index in [2.05, 4.69) is 5.32 Å². The number of aliphatic hydroxyl groups is 1. The summed E-state index contributed by atoms with van der Waals surface area (Å²) >= 11 is 0. The summed E-state index contributed by atoms with van der Waals surface area (Å²) in [5, 5.41) is 22.3. The zero-order valence-corrected chi connectivity index (χ0v) is 10.9. The van der Waals surface area contributed by atoms with Gasteiger partial charge in [0.2, 0.25) is 0 Å². The van der Waals surface area contributed by atoms with Crippen molar-refractivity contribution >= 4 is 23.0 Å². The first-order chi connectivity index (χ1) is 10.0. The maximum Gasteiger partial charge on any atom is 0.292 e. The summed E-state index contributed by atoms with van der Waals surface area (Å²) in [5.41, 5.74) is 6.56. The van der Waals surface area contributed by atoms with Gasteiger partial charge in [0.25, 0.3) is 11.6 Å². The number of aliphatic hydroxyl groups excluding tert-OH is 1. The van der Waals surface area contributed by atoms with E-state index < -0.39 is 10.8 Å². The summed E-state index contributed by atoms with van der Waals surface area (Å²) < 4.78 is 0. The molecule has 21 heavy (non-hydrogen) atoms. The minimum absolute atomic E-state index is 0.00356. The van der Waals surface area contributed by atoms with E-state index in [0.29, 0.717) is 5.69 Å². The van der Waals surface area contributed by atoms with Crippen molar-refractivity contribution in [3.63, 3.8) is 0 Å². The van der Waals surface area contributed by atoms with Gasteiger partial charge >= 0.3 is 0 Å². The van der Waals surface area contributed by atoms with E-state index in [0.717, 1.165) is 11.6 Å². The molecule has 1 amide bonds. The number of nitrogen functional groups attached to an aromatic ring is 1. The van der Waals surface area contributed by atoms with Crippen LogP contribution in [-0.4, -0.2) is 15.9 Å². The van der Waals surface area contributed by atoms with Gasteiger partial charge in [0, 0.05) is 17.3 Å². The van der Waals surface area contributed by atoms with E-state index in [1.165, 1.54) is 12.1 Å². The van der Waals surface area contributed by atoms with Crippen LogP contribution in [0.3, 0.4) is 0 Å². The van der Waals surface area contributed by atoms with Crippen molar-refractivity contribution in [2.75, 3.05) is 11.1 Å². The Kier molecular flexibility index (Phi) is 4.15. The second-order valence-corrected chi connectivity index (χ2v) is 4.34. The molecule has 0 radical (unpaired) electrons. The second kappa shape index (κ2) is 6.02. The number of benzene rings is 2. The average molecular weight is 287 g/mol. The monoisotopic (exact) mass is 287 g/mol. The van der Waals surface area contributed by atoms with Crippen LogP contribution in [0.1, 0.15) is 15.9 Å². The van der Waals surface area contributed by atoms with E-state index in [9.17, 15) is 14.9 Å². The van der Waals surface area contributed by atoms with Crippen molar-refractivity contribution in [3.8, 4) is 0 Å². The van der Waals surface area contributed by atoms with Crippen LogP contribution in [0.5, 0.6) is 0 Å². The number of nitrogens with two attached hydrogens (primary N) is 1. The number of carbonyl (C=O) groups excluding carboxylic acids is 1. The molecule has 4 N–H and O–H groups in total. The first-order valence-corrected chi connectivity index (χ1v) is 6.06. The minimum atomic E-state index is -0.637. The summed E-state index contributed by atoms with van der Waals surface area (Å²) in [4.78, 5) is 22.2. The maximum atomic E-state index is 12.0. The fourth-order valence-corrected chi connectivity index (χ4v) is 1.74. The molecular formula is C14H13N3O4. The van der Waals surface area contributed by atoms with Crippen LogP contribution in [0.4, 0.5) is 17.1 Å². The molecule has 2 aromatic carbocycles. The predicted octanol–water partition coefficient (Wildman–Crippen LogP) is 1.92. The molecule has 2 aromatic rings. The first-order valence-electron chi connectivity index (χ1n) is 6.06. The number of anilines is 2. The normalized spacial score (nSPS) is 10.1. The number of amides is 1. The average Bonchev–Trinajstić information content (AvgIpc) is 2.48. The maximum absolute atomic E-state index is 12.0. The minimum Gasteiger partial charge on any atom is -0.393 e. The molecule has 0 heterocycles. The first kappa shape index (κ1) is 14.5. The quantitative estimate of drug-likeness (QED) is 0.451. The Balaban J connectivity index is 2.19. The van der Waals surface area contributed by atoms with Crippen molar-refractivity contribution in [3.05, 3.63) is 63.7 Å². The third kappa shape index (κ3) is 3.34. The highest BCUT2D eigenvalue weighted by molar-refractivity contribution is 6.05. The molecule has 7 heteroatoms. The summed E-state index contributed by atoms with van der Waals surface area (Å²) in [6, 6.07) is 10.5. The van der Waals surface area contributed by atoms with Crippen molar-refractivity contribution in [2.45, 2.75) is 6.61 Å². The van der Waals surface area contributed by atoms with E-state index in [4.69, 9.17) is 10.8 Å². The van der Waals surface area contributed by atoms with Crippen LogP contribution in [-0.2, 0) is 6.61 Å². The number of nitro benzene ring substituents is 1. The number of nitrogens with zero attached hydrogens (tertiary/aromatic N) is 1. The summed E-state index contributed by atoms with van der Waals surface area (Å²) in [7, 11) is 0. The summed E-state index contributed by atoms with van der Waals surface area (Å²) in [5.74, 6) is -0.477. The van der Waals surface area contributed by atoms with Gasteiger partial charge in [-0.05, 0) is 29.8 Å². The molecule has 7 nitrogen and oxygen atoms in total. The zero-order valence-electron chi connectivity index (χ0n) is 10.9. The number of nitro groups is 1. The number of hydrogen-bond donors (Lipinski definition) is 3. The largest absolute Gasteiger partial charge is 0.393 e. The lowest BCUT2D eigenvalue weighted by Crippen LogP contribution is -2.12. The lowest BCUT2D eigenvalue weighted by atomic mass is 10.1. The standard InChI is InChI=1S/C14H13N3O4/c15-12-6-3-10(7-13(12)17(20)21)14(19)16-11-4-1-9(8-18)2-5-11/h1-7,18H,8,15H2,(H,16,19). The highest BCUT2D eigenvalue weighted by Crippen LogP contribution is 2.23. The Bertz CT molecular complexity index is 683. The summed E-state index contributed by atoms with van der Waals surface area (Å²) in [6.07, 6.45) is 0. The van der Waals surface area contributed by atoms with E-state index in [1.54, 1.807) is 24.3 Å². The van der Waals surface area contributed by atoms with Gasteiger partial charge in [-0.1, -0.05) is 12.1 Å². The molecule has 2 rings (SSSR count). The number of hydrogen-bond acceptors (Lipinski definition) is 5. The summed E-state index contributed by atoms with van der Waals surface area (Å²) in [6.45, 7) is -0.0849. The van der Waals surface area contributed by atoms with Crippen LogP contribution in [0, 0.1) is 10.1 Å². The van der Waals surface area contributed by atoms with Gasteiger partial charge in [-0.3, -0.25) is 14.9 Å². The lowest BCUT2D eigenvalue weighted by molar-refractivity contribution is -0.383. The molecule has 0 fully saturated rings. The molecule has 108 valence electrons. The lowest BCUT2D eigenvalue weighted by Gasteiger charge is -2.06. The molecular weight excluding hydrogens is 274 g/mol. The van der Waals surface area contributed by atoms with Gasteiger partial charge in [0.15, 0.2) is 0 Å². The molecule has 0 aliphatic rings. The van der Waals surface area contributed by atoms with Gasteiger partial charge in [-0.15, -0.1) is 0 Å². The highest BCUT2D eigenvalue weighted by Gasteiger charge is 2.15. The van der Waals surface area contributed by atoms with Crippen molar-refractivity contribution in [2.24, 2.45) is 0 Å². The van der Waals surface area contributed by atoms with Gasteiger partial charge in [-0.2, -0.15) is 0 Å². The Morgan fingerprint density at radius 3 is 2.48 bits per heavy atom. The third-order valence-electron chi connectivity index (χ3n) is 2.88. The molecule has 0 bridgehead atoms. The SMILES string of the molecule is Nc1ccc(C(=O)Nc2ccc(CO)cc2)cc1[N+](=O)[O-]. The fraction of sp³-hybridized carbons (Fsp3) is 0.0714. The molecule has 0 saturated carbocycles. The van der Waals surface area contributed by atoms with Crippen LogP contribution < -0.4 is 11.1 Å². The van der Waals surface area contributed by atoms with E-state index in [-0.39, 0.29) is 23.5 Å². The zero-order chi connectivity index (χ0) is 15.4. The van der Waals surface area contributed by atoms with Crippen molar-refractivity contribution < 1.29 is 14.8 Å². The Hall–Kier alpha value is -2.93.